The van der Waals surface area contributed by atoms with Gasteiger partial charge in [0.25, 0.3) is 0 Å². The zero-order valence-electron chi connectivity index (χ0n) is 15.7. The van der Waals surface area contributed by atoms with Crippen molar-refractivity contribution < 1.29 is 13.2 Å². The lowest BCUT2D eigenvalue weighted by atomic mass is 9.98. The van der Waals surface area contributed by atoms with Crippen molar-refractivity contribution in [3.8, 4) is 5.69 Å². The summed E-state index contributed by atoms with van der Waals surface area (Å²) in [5, 5.41) is 10.7. The fourth-order valence-corrected chi connectivity index (χ4v) is 5.01. The molecule has 9 heteroatoms. The SMILES string of the molecule is O=C(Nc1ccccc1-n1ccnn1)C1CCCN(S(=O)(=O)c2ccccc2)C1. The third kappa shape index (κ3) is 4.06. The van der Waals surface area contributed by atoms with E-state index in [9.17, 15) is 13.2 Å². The molecular weight excluding hydrogens is 390 g/mol. The Morgan fingerprint density at radius 3 is 2.59 bits per heavy atom. The highest BCUT2D eigenvalue weighted by atomic mass is 32.2. The molecule has 0 bridgehead atoms. The van der Waals surface area contributed by atoms with Crippen molar-refractivity contribution in [1.29, 1.82) is 0 Å². The number of rotatable bonds is 5. The van der Waals surface area contributed by atoms with E-state index in [1.807, 2.05) is 18.2 Å². The van der Waals surface area contributed by atoms with Crippen LogP contribution in [0.15, 0.2) is 71.9 Å². The standard InChI is InChI=1S/C20H21N5O3S/c26-20(22-18-10-4-5-11-19(18)25-14-12-21-23-25)16-7-6-13-24(15-16)29(27,28)17-8-2-1-3-9-17/h1-5,8-12,14,16H,6-7,13,15H2,(H,22,26). The number of carbonyl (C=O) groups is 1. The third-order valence-electron chi connectivity index (χ3n) is 4.97. The van der Waals surface area contributed by atoms with Crippen molar-refractivity contribution in [2.45, 2.75) is 17.7 Å². The molecule has 0 spiro atoms. The van der Waals surface area contributed by atoms with Gasteiger partial charge < -0.3 is 5.32 Å². The van der Waals surface area contributed by atoms with Gasteiger partial charge in [0.05, 0.1) is 34.6 Å². The van der Waals surface area contributed by atoms with Gasteiger partial charge in [0.1, 0.15) is 0 Å². The Hall–Kier alpha value is -3.04. The minimum atomic E-state index is -3.61. The number of para-hydroxylation sites is 2. The Morgan fingerprint density at radius 1 is 1.07 bits per heavy atom. The Kier molecular flexibility index (Phi) is 5.41. The van der Waals surface area contributed by atoms with E-state index >= 15 is 0 Å². The van der Waals surface area contributed by atoms with E-state index in [1.54, 1.807) is 53.5 Å². The first kappa shape index (κ1) is 19.3. The van der Waals surface area contributed by atoms with Gasteiger partial charge in [0.2, 0.25) is 15.9 Å². The van der Waals surface area contributed by atoms with Crippen LogP contribution in [0.5, 0.6) is 0 Å². The molecular formula is C20H21N5O3S. The van der Waals surface area contributed by atoms with Gasteiger partial charge in [-0.1, -0.05) is 35.5 Å². The van der Waals surface area contributed by atoms with Crippen LogP contribution < -0.4 is 5.32 Å². The van der Waals surface area contributed by atoms with Gasteiger partial charge in [-0.25, -0.2) is 13.1 Å². The van der Waals surface area contributed by atoms with Crippen LogP contribution in [0.2, 0.25) is 0 Å². The average Bonchev–Trinajstić information content (AvgIpc) is 3.29. The molecule has 0 saturated carbocycles. The van der Waals surface area contributed by atoms with Gasteiger partial charge >= 0.3 is 0 Å². The summed E-state index contributed by atoms with van der Waals surface area (Å²) in [4.78, 5) is 13.2. The summed E-state index contributed by atoms with van der Waals surface area (Å²) in [6.45, 7) is 0.575. The molecule has 1 aliphatic heterocycles. The van der Waals surface area contributed by atoms with Crippen LogP contribution in [0.25, 0.3) is 5.69 Å². The number of amides is 1. The number of hydrogen-bond acceptors (Lipinski definition) is 5. The Balaban J connectivity index is 1.51. The Bertz CT molecular complexity index is 1080. The second kappa shape index (κ2) is 8.14. The molecule has 3 aromatic rings. The van der Waals surface area contributed by atoms with E-state index in [0.717, 1.165) is 0 Å². The van der Waals surface area contributed by atoms with Crippen LogP contribution in [0.3, 0.4) is 0 Å². The summed E-state index contributed by atoms with van der Waals surface area (Å²) in [5.74, 6) is -0.628. The number of benzene rings is 2. The first-order valence-electron chi connectivity index (χ1n) is 9.37. The van der Waals surface area contributed by atoms with E-state index in [2.05, 4.69) is 15.6 Å². The van der Waals surface area contributed by atoms with E-state index in [0.29, 0.717) is 30.8 Å². The second-order valence-electron chi connectivity index (χ2n) is 6.87. The molecule has 0 aliphatic carbocycles. The average molecular weight is 411 g/mol. The topological polar surface area (TPSA) is 97.2 Å². The monoisotopic (exact) mass is 411 g/mol. The number of hydrogen-bond donors (Lipinski definition) is 1. The molecule has 0 radical (unpaired) electrons. The van der Waals surface area contributed by atoms with Crippen LogP contribution in [0, 0.1) is 5.92 Å². The smallest absolute Gasteiger partial charge is 0.243 e. The molecule has 1 saturated heterocycles. The molecule has 1 atom stereocenters. The lowest BCUT2D eigenvalue weighted by molar-refractivity contribution is -0.120. The number of nitrogens with zero attached hydrogens (tertiary/aromatic N) is 4. The molecule has 1 fully saturated rings. The van der Waals surface area contributed by atoms with Crippen molar-refractivity contribution in [1.82, 2.24) is 19.3 Å². The maximum atomic E-state index is 12.9. The summed E-state index contributed by atoms with van der Waals surface area (Å²) in [7, 11) is -3.61. The second-order valence-corrected chi connectivity index (χ2v) is 8.81. The maximum Gasteiger partial charge on any atom is 0.243 e. The number of nitrogens with one attached hydrogen (secondary N) is 1. The molecule has 1 unspecified atom stereocenters. The van der Waals surface area contributed by atoms with E-state index in [-0.39, 0.29) is 17.3 Å². The zero-order chi connectivity index (χ0) is 20.3. The van der Waals surface area contributed by atoms with Gasteiger partial charge in [0, 0.05) is 13.1 Å². The summed E-state index contributed by atoms with van der Waals surface area (Å²) in [6.07, 6.45) is 4.53. The molecule has 1 aliphatic rings. The van der Waals surface area contributed by atoms with E-state index in [4.69, 9.17) is 0 Å². The number of anilines is 1. The molecule has 1 N–H and O–H groups in total. The molecule has 29 heavy (non-hydrogen) atoms. The maximum absolute atomic E-state index is 12.9. The van der Waals surface area contributed by atoms with Crippen molar-refractivity contribution in [2.24, 2.45) is 5.92 Å². The largest absolute Gasteiger partial charge is 0.324 e. The molecule has 4 rings (SSSR count). The van der Waals surface area contributed by atoms with Crippen LogP contribution in [-0.2, 0) is 14.8 Å². The highest BCUT2D eigenvalue weighted by Crippen LogP contribution is 2.26. The molecule has 8 nitrogen and oxygen atoms in total. The van der Waals surface area contributed by atoms with E-state index < -0.39 is 15.9 Å². The van der Waals surface area contributed by atoms with Crippen LogP contribution in [-0.4, -0.2) is 46.7 Å². The van der Waals surface area contributed by atoms with Gasteiger partial charge in [-0.15, -0.1) is 5.10 Å². The minimum Gasteiger partial charge on any atom is -0.324 e. The zero-order valence-corrected chi connectivity index (χ0v) is 16.5. The summed E-state index contributed by atoms with van der Waals surface area (Å²) in [5.41, 5.74) is 1.30. The first-order chi connectivity index (χ1) is 14.1. The van der Waals surface area contributed by atoms with Gasteiger partial charge in [-0.05, 0) is 37.1 Å². The van der Waals surface area contributed by atoms with Gasteiger partial charge in [-0.2, -0.15) is 4.31 Å². The lowest BCUT2D eigenvalue weighted by Gasteiger charge is -2.31. The minimum absolute atomic E-state index is 0.161. The highest BCUT2D eigenvalue weighted by Gasteiger charge is 2.33. The number of sulfonamides is 1. The van der Waals surface area contributed by atoms with Crippen molar-refractivity contribution >= 4 is 21.6 Å². The molecule has 1 amide bonds. The highest BCUT2D eigenvalue weighted by molar-refractivity contribution is 7.89. The fourth-order valence-electron chi connectivity index (χ4n) is 3.47. The Labute approximate surface area is 169 Å². The fraction of sp³-hybridized carbons (Fsp3) is 0.250. The van der Waals surface area contributed by atoms with Crippen LogP contribution in [0.4, 0.5) is 5.69 Å². The van der Waals surface area contributed by atoms with Crippen molar-refractivity contribution in [3.05, 3.63) is 67.0 Å². The van der Waals surface area contributed by atoms with Crippen molar-refractivity contribution in [3.63, 3.8) is 0 Å². The predicted octanol–water partition coefficient (Wildman–Crippen LogP) is 2.31. The van der Waals surface area contributed by atoms with E-state index in [1.165, 1.54) is 4.31 Å². The molecule has 2 heterocycles. The molecule has 150 valence electrons. The molecule has 2 aromatic carbocycles. The van der Waals surface area contributed by atoms with Crippen LogP contribution >= 0.6 is 0 Å². The van der Waals surface area contributed by atoms with Crippen molar-refractivity contribution in [2.75, 3.05) is 18.4 Å². The quantitative estimate of drug-likeness (QED) is 0.695. The summed E-state index contributed by atoms with van der Waals surface area (Å²) in [6, 6.07) is 15.6. The first-order valence-corrected chi connectivity index (χ1v) is 10.8. The summed E-state index contributed by atoms with van der Waals surface area (Å²) >= 11 is 0. The number of aromatic nitrogens is 3. The third-order valence-corrected chi connectivity index (χ3v) is 6.85. The molecule has 1 aromatic heterocycles. The number of piperidine rings is 1. The lowest BCUT2D eigenvalue weighted by Crippen LogP contribution is -2.43. The summed E-state index contributed by atoms with van der Waals surface area (Å²) < 4.78 is 28.8. The predicted molar refractivity (Wildman–Crippen MR) is 108 cm³/mol. The number of carbonyl (C=O) groups excluding carboxylic acids is 1. The van der Waals surface area contributed by atoms with Gasteiger partial charge in [0.15, 0.2) is 0 Å². The Morgan fingerprint density at radius 2 is 1.83 bits per heavy atom. The normalized spacial score (nSPS) is 17.7. The van der Waals surface area contributed by atoms with Crippen LogP contribution in [0.1, 0.15) is 12.8 Å². The van der Waals surface area contributed by atoms with Gasteiger partial charge in [-0.3, -0.25) is 4.79 Å².